The molecule has 1 amide bonds. The van der Waals surface area contributed by atoms with Crippen molar-refractivity contribution in [2.75, 3.05) is 16.2 Å². The number of hydrogen-bond donors (Lipinski definition) is 1. The highest BCUT2D eigenvalue weighted by Crippen LogP contribution is 2.28. The number of para-hydroxylation sites is 2. The van der Waals surface area contributed by atoms with Gasteiger partial charge in [0.1, 0.15) is 4.90 Å². The Hall–Kier alpha value is -3.45. The number of Topliss-reactive ketones (excluding diaryl/α,β-unsaturated/α-hetero) is 1. The molecule has 0 saturated carbocycles. The van der Waals surface area contributed by atoms with Crippen LogP contribution in [0.25, 0.3) is 0 Å². The molecule has 3 aromatic rings. The molecule has 0 fully saturated rings. The summed E-state index contributed by atoms with van der Waals surface area (Å²) in [6, 6.07) is 23.8. The van der Waals surface area contributed by atoms with Crippen molar-refractivity contribution in [2.24, 2.45) is 0 Å². The van der Waals surface area contributed by atoms with Crippen molar-refractivity contribution in [1.82, 2.24) is 0 Å². The number of rotatable bonds is 9. The lowest BCUT2D eigenvalue weighted by atomic mass is 10.1. The number of nitrogens with zero attached hydrogens (tertiary/aromatic N) is 1. The van der Waals surface area contributed by atoms with Crippen molar-refractivity contribution < 1.29 is 18.0 Å². The highest BCUT2D eigenvalue weighted by Gasteiger charge is 2.26. The van der Waals surface area contributed by atoms with E-state index < -0.39 is 15.9 Å². The van der Waals surface area contributed by atoms with Gasteiger partial charge in [0.2, 0.25) is 5.91 Å². The van der Waals surface area contributed by atoms with Gasteiger partial charge in [-0.3, -0.25) is 13.9 Å². The van der Waals surface area contributed by atoms with Gasteiger partial charge >= 0.3 is 0 Å². The molecular weight excluding hydrogens is 412 g/mol. The van der Waals surface area contributed by atoms with Crippen LogP contribution in [0.2, 0.25) is 0 Å². The molecule has 0 aliphatic rings. The first-order valence-electron chi connectivity index (χ1n) is 9.98. The number of hydrogen-bond acceptors (Lipinski definition) is 4. The Morgan fingerprint density at radius 1 is 0.806 bits per heavy atom. The van der Waals surface area contributed by atoms with Gasteiger partial charge in [0.15, 0.2) is 5.78 Å². The third kappa shape index (κ3) is 5.38. The van der Waals surface area contributed by atoms with Crippen LogP contribution < -0.4 is 9.62 Å². The Kier molecular flexibility index (Phi) is 7.20. The van der Waals surface area contributed by atoms with Crippen molar-refractivity contribution in [2.45, 2.75) is 24.7 Å². The minimum absolute atomic E-state index is 0.00318. The lowest BCUT2D eigenvalue weighted by molar-refractivity contribution is -0.116. The molecule has 1 N–H and O–H groups in total. The second-order valence-corrected chi connectivity index (χ2v) is 8.67. The van der Waals surface area contributed by atoms with Gasteiger partial charge in [-0.1, -0.05) is 60.7 Å². The average Bonchev–Trinajstić information content (AvgIpc) is 2.79. The zero-order chi connectivity index (χ0) is 22.3. The van der Waals surface area contributed by atoms with E-state index in [9.17, 15) is 18.0 Å². The normalized spacial score (nSPS) is 11.0. The van der Waals surface area contributed by atoms with E-state index in [1.54, 1.807) is 73.7 Å². The van der Waals surface area contributed by atoms with E-state index in [2.05, 4.69) is 5.32 Å². The van der Waals surface area contributed by atoms with Gasteiger partial charge in [-0.2, -0.15) is 0 Å². The van der Waals surface area contributed by atoms with Crippen LogP contribution in [0.15, 0.2) is 89.8 Å². The van der Waals surface area contributed by atoms with Crippen LogP contribution in [0.5, 0.6) is 0 Å². The number of amides is 1. The molecule has 0 heterocycles. The fourth-order valence-corrected chi connectivity index (χ4v) is 4.83. The predicted molar refractivity (Wildman–Crippen MR) is 122 cm³/mol. The first kappa shape index (κ1) is 22.2. The minimum atomic E-state index is -3.90. The summed E-state index contributed by atoms with van der Waals surface area (Å²) < 4.78 is 28.0. The Labute approximate surface area is 182 Å². The van der Waals surface area contributed by atoms with Crippen molar-refractivity contribution in [1.29, 1.82) is 0 Å². The van der Waals surface area contributed by atoms with E-state index in [0.717, 1.165) is 0 Å². The molecule has 31 heavy (non-hydrogen) atoms. The number of carbonyl (C=O) groups is 2. The van der Waals surface area contributed by atoms with Gasteiger partial charge in [0.05, 0.1) is 11.4 Å². The third-order valence-electron chi connectivity index (χ3n) is 4.74. The van der Waals surface area contributed by atoms with Crippen molar-refractivity contribution >= 4 is 33.1 Å². The molecule has 0 aromatic heterocycles. The summed E-state index contributed by atoms with van der Waals surface area (Å²) in [5.74, 6) is -0.562. The minimum Gasteiger partial charge on any atom is -0.325 e. The summed E-state index contributed by atoms with van der Waals surface area (Å²) in [4.78, 5) is 24.7. The van der Waals surface area contributed by atoms with Gasteiger partial charge in [-0.05, 0) is 31.2 Å². The van der Waals surface area contributed by atoms with Crippen LogP contribution in [-0.2, 0) is 14.8 Å². The number of benzene rings is 3. The Morgan fingerprint density at radius 2 is 1.39 bits per heavy atom. The maximum Gasteiger partial charge on any atom is 0.266 e. The quantitative estimate of drug-likeness (QED) is 0.501. The molecule has 0 bridgehead atoms. The average molecular weight is 437 g/mol. The zero-order valence-corrected chi connectivity index (χ0v) is 18.0. The molecule has 0 radical (unpaired) electrons. The van der Waals surface area contributed by atoms with E-state index in [1.807, 2.05) is 12.1 Å². The number of ketones is 1. The van der Waals surface area contributed by atoms with E-state index in [1.165, 1.54) is 10.4 Å². The summed E-state index contributed by atoms with van der Waals surface area (Å²) in [6.45, 7) is 1.99. The second-order valence-electron chi connectivity index (χ2n) is 6.84. The molecule has 3 rings (SSSR count). The van der Waals surface area contributed by atoms with Crippen LogP contribution in [0, 0.1) is 0 Å². The van der Waals surface area contributed by atoms with E-state index in [0.29, 0.717) is 11.3 Å². The standard InChI is InChI=1S/C24H24N2O4S/c1-2-26(20-13-7-4-8-14-20)31(29,30)23-16-10-9-15-21(23)25-24(28)18-17-22(27)19-11-5-3-6-12-19/h3-16H,2,17-18H2,1H3,(H,25,28). The summed E-state index contributed by atoms with van der Waals surface area (Å²) in [5, 5.41) is 2.66. The maximum atomic E-state index is 13.3. The monoisotopic (exact) mass is 436 g/mol. The molecule has 6 nitrogen and oxygen atoms in total. The largest absolute Gasteiger partial charge is 0.325 e. The number of anilines is 2. The van der Waals surface area contributed by atoms with E-state index in [-0.39, 0.29) is 35.8 Å². The molecule has 3 aromatic carbocycles. The Morgan fingerprint density at radius 3 is 2.03 bits per heavy atom. The number of carbonyl (C=O) groups excluding carboxylic acids is 2. The van der Waals surface area contributed by atoms with E-state index in [4.69, 9.17) is 0 Å². The lowest BCUT2D eigenvalue weighted by Gasteiger charge is -2.24. The summed E-state index contributed by atoms with van der Waals surface area (Å²) >= 11 is 0. The third-order valence-corrected chi connectivity index (χ3v) is 6.70. The van der Waals surface area contributed by atoms with Crippen LogP contribution in [-0.4, -0.2) is 26.7 Å². The number of sulfonamides is 1. The summed E-state index contributed by atoms with van der Waals surface area (Å²) in [5.41, 5.74) is 1.27. The topological polar surface area (TPSA) is 83.6 Å². The van der Waals surface area contributed by atoms with Gasteiger partial charge in [-0.15, -0.1) is 0 Å². The molecule has 0 aliphatic carbocycles. The summed E-state index contributed by atoms with van der Waals surface area (Å²) in [7, 11) is -3.90. The molecule has 0 unspecified atom stereocenters. The van der Waals surface area contributed by atoms with Crippen LogP contribution in [0.4, 0.5) is 11.4 Å². The van der Waals surface area contributed by atoms with Crippen LogP contribution in [0.3, 0.4) is 0 Å². The first-order valence-corrected chi connectivity index (χ1v) is 11.4. The maximum absolute atomic E-state index is 13.3. The van der Waals surface area contributed by atoms with Gasteiger partial charge < -0.3 is 5.32 Å². The molecule has 7 heteroatoms. The van der Waals surface area contributed by atoms with Gasteiger partial charge in [-0.25, -0.2) is 8.42 Å². The molecule has 160 valence electrons. The molecule has 0 spiro atoms. The Balaban J connectivity index is 1.77. The Bertz CT molecular complexity index is 1150. The summed E-state index contributed by atoms with van der Waals surface area (Å²) in [6.07, 6.45) is -0.00580. The molecule has 0 aliphatic heterocycles. The number of nitrogens with one attached hydrogen (secondary N) is 1. The second kappa shape index (κ2) is 10.0. The van der Waals surface area contributed by atoms with Crippen LogP contribution >= 0.6 is 0 Å². The fraction of sp³-hybridized carbons (Fsp3) is 0.167. The lowest BCUT2D eigenvalue weighted by Crippen LogP contribution is -2.31. The molecule has 0 atom stereocenters. The molecule has 0 saturated heterocycles. The smallest absolute Gasteiger partial charge is 0.266 e. The zero-order valence-electron chi connectivity index (χ0n) is 17.2. The van der Waals surface area contributed by atoms with Crippen LogP contribution in [0.1, 0.15) is 30.1 Å². The van der Waals surface area contributed by atoms with Crippen molar-refractivity contribution in [3.05, 3.63) is 90.5 Å². The van der Waals surface area contributed by atoms with Crippen molar-refractivity contribution in [3.63, 3.8) is 0 Å². The highest BCUT2D eigenvalue weighted by molar-refractivity contribution is 7.93. The molecular formula is C24H24N2O4S. The highest BCUT2D eigenvalue weighted by atomic mass is 32.2. The van der Waals surface area contributed by atoms with Gasteiger partial charge in [0, 0.05) is 24.9 Å². The fourth-order valence-electron chi connectivity index (χ4n) is 3.21. The van der Waals surface area contributed by atoms with E-state index >= 15 is 0 Å². The predicted octanol–water partition coefficient (Wildman–Crippen LogP) is 4.50. The first-order chi connectivity index (χ1) is 14.9. The van der Waals surface area contributed by atoms with Crippen molar-refractivity contribution in [3.8, 4) is 0 Å². The SMILES string of the molecule is CCN(c1ccccc1)S(=O)(=O)c1ccccc1NC(=O)CCC(=O)c1ccccc1. The van der Waals surface area contributed by atoms with Gasteiger partial charge in [0.25, 0.3) is 10.0 Å².